The molecule has 1 aromatic carbocycles. The number of rotatable bonds is 6. The smallest absolute Gasteiger partial charge is 0.257 e. The highest BCUT2D eigenvalue weighted by molar-refractivity contribution is 6.37. The number of benzene rings is 1. The van der Waals surface area contributed by atoms with Gasteiger partial charge in [0.2, 0.25) is 0 Å². The van der Waals surface area contributed by atoms with Crippen molar-refractivity contribution in [1.82, 2.24) is 5.32 Å². The molecule has 5 heteroatoms. The number of halogens is 2. The number of ether oxygens (including phenoxy) is 1. The molecule has 0 fully saturated rings. The Morgan fingerprint density at radius 3 is 2.67 bits per heavy atom. The van der Waals surface area contributed by atoms with E-state index in [1.807, 2.05) is 0 Å². The maximum absolute atomic E-state index is 11.7. The lowest BCUT2D eigenvalue weighted by molar-refractivity contribution is -0.123. The zero-order chi connectivity index (χ0) is 15.1. The lowest BCUT2D eigenvalue weighted by atomic mass is 9.97. The SMILES string of the molecule is O=C(COc1c(Cl)cccc1Cl)NCCC1=CCCCC1. The van der Waals surface area contributed by atoms with Crippen molar-refractivity contribution in [3.63, 3.8) is 0 Å². The summed E-state index contributed by atoms with van der Waals surface area (Å²) in [7, 11) is 0. The van der Waals surface area contributed by atoms with E-state index in [-0.39, 0.29) is 12.5 Å². The fourth-order valence-electron chi connectivity index (χ4n) is 2.30. The van der Waals surface area contributed by atoms with E-state index in [2.05, 4.69) is 11.4 Å². The minimum atomic E-state index is -0.164. The zero-order valence-electron chi connectivity index (χ0n) is 11.8. The summed E-state index contributed by atoms with van der Waals surface area (Å²) in [5.41, 5.74) is 1.44. The summed E-state index contributed by atoms with van der Waals surface area (Å²) in [5.74, 6) is 0.188. The number of para-hydroxylation sites is 1. The Hall–Kier alpha value is -1.19. The summed E-state index contributed by atoms with van der Waals surface area (Å²) >= 11 is 11.9. The van der Waals surface area contributed by atoms with E-state index in [1.54, 1.807) is 18.2 Å². The van der Waals surface area contributed by atoms with Gasteiger partial charge in [0, 0.05) is 6.54 Å². The number of hydrogen-bond donors (Lipinski definition) is 1. The van der Waals surface area contributed by atoms with Crippen LogP contribution in [0, 0.1) is 0 Å². The third kappa shape index (κ3) is 5.25. The zero-order valence-corrected chi connectivity index (χ0v) is 13.3. The van der Waals surface area contributed by atoms with E-state index in [9.17, 15) is 4.79 Å². The molecule has 0 atom stereocenters. The second-order valence-electron chi connectivity index (χ2n) is 5.05. The van der Waals surface area contributed by atoms with Crippen LogP contribution in [0.3, 0.4) is 0 Å². The van der Waals surface area contributed by atoms with Crippen molar-refractivity contribution in [2.24, 2.45) is 0 Å². The molecule has 1 N–H and O–H groups in total. The Morgan fingerprint density at radius 1 is 1.24 bits per heavy atom. The summed E-state index contributed by atoms with van der Waals surface area (Å²) in [6.45, 7) is 0.562. The van der Waals surface area contributed by atoms with Crippen molar-refractivity contribution in [1.29, 1.82) is 0 Å². The molecule has 0 aromatic heterocycles. The molecule has 0 bridgehead atoms. The molecule has 0 radical (unpaired) electrons. The van der Waals surface area contributed by atoms with Gasteiger partial charge in [-0.05, 0) is 44.2 Å². The van der Waals surface area contributed by atoms with E-state index in [0.29, 0.717) is 22.3 Å². The van der Waals surface area contributed by atoms with Gasteiger partial charge in [-0.25, -0.2) is 0 Å². The third-order valence-corrected chi connectivity index (χ3v) is 4.02. The average molecular weight is 328 g/mol. The second-order valence-corrected chi connectivity index (χ2v) is 5.86. The summed E-state index contributed by atoms with van der Waals surface area (Å²) in [5, 5.41) is 3.66. The van der Waals surface area contributed by atoms with Crippen LogP contribution in [0.15, 0.2) is 29.8 Å². The van der Waals surface area contributed by atoms with Gasteiger partial charge in [0.25, 0.3) is 5.91 Å². The van der Waals surface area contributed by atoms with Crippen LogP contribution in [-0.4, -0.2) is 19.1 Å². The van der Waals surface area contributed by atoms with Crippen molar-refractivity contribution >= 4 is 29.1 Å². The average Bonchev–Trinajstić information content (AvgIpc) is 2.48. The van der Waals surface area contributed by atoms with Crippen molar-refractivity contribution in [2.45, 2.75) is 32.1 Å². The second kappa shape index (κ2) is 8.30. The van der Waals surface area contributed by atoms with Crippen LogP contribution in [0.4, 0.5) is 0 Å². The molecular formula is C16H19Cl2NO2. The normalized spacial score (nSPS) is 14.5. The van der Waals surface area contributed by atoms with Gasteiger partial charge in [-0.3, -0.25) is 4.79 Å². The standard InChI is InChI=1S/C16H19Cl2NO2/c17-13-7-4-8-14(18)16(13)21-11-15(20)19-10-9-12-5-2-1-3-6-12/h4-5,7-8H,1-3,6,9-11H2,(H,19,20). The highest BCUT2D eigenvalue weighted by atomic mass is 35.5. The van der Waals surface area contributed by atoms with Gasteiger partial charge < -0.3 is 10.1 Å². The molecule has 1 aliphatic rings. The van der Waals surface area contributed by atoms with Crippen molar-refractivity contribution in [2.75, 3.05) is 13.2 Å². The van der Waals surface area contributed by atoms with Gasteiger partial charge in [0.1, 0.15) is 0 Å². The summed E-state index contributed by atoms with van der Waals surface area (Å²) in [4.78, 5) is 11.7. The van der Waals surface area contributed by atoms with E-state index < -0.39 is 0 Å². The van der Waals surface area contributed by atoms with Crippen molar-refractivity contribution < 1.29 is 9.53 Å². The van der Waals surface area contributed by atoms with Gasteiger partial charge in [0.05, 0.1) is 10.0 Å². The highest BCUT2D eigenvalue weighted by Gasteiger charge is 2.10. The van der Waals surface area contributed by atoms with E-state index in [4.69, 9.17) is 27.9 Å². The largest absolute Gasteiger partial charge is 0.481 e. The first-order valence-corrected chi connectivity index (χ1v) is 7.94. The van der Waals surface area contributed by atoms with Gasteiger partial charge in [0.15, 0.2) is 12.4 Å². The quantitative estimate of drug-likeness (QED) is 0.787. The minimum Gasteiger partial charge on any atom is -0.481 e. The first-order valence-electron chi connectivity index (χ1n) is 7.18. The molecule has 1 aliphatic carbocycles. The monoisotopic (exact) mass is 327 g/mol. The number of amides is 1. The van der Waals surface area contributed by atoms with Crippen LogP contribution in [-0.2, 0) is 4.79 Å². The molecule has 2 rings (SSSR count). The van der Waals surface area contributed by atoms with Crippen LogP contribution in [0.5, 0.6) is 5.75 Å². The third-order valence-electron chi connectivity index (χ3n) is 3.42. The number of carbonyl (C=O) groups excluding carboxylic acids is 1. The lowest BCUT2D eigenvalue weighted by Gasteiger charge is -2.13. The Labute approximate surface area is 135 Å². The fraction of sp³-hybridized carbons (Fsp3) is 0.438. The Morgan fingerprint density at radius 2 is 2.00 bits per heavy atom. The van der Waals surface area contributed by atoms with Gasteiger partial charge in [-0.1, -0.05) is 40.9 Å². The van der Waals surface area contributed by atoms with Gasteiger partial charge in [-0.15, -0.1) is 0 Å². The molecule has 1 amide bonds. The summed E-state index contributed by atoms with van der Waals surface area (Å²) in [6, 6.07) is 5.09. The van der Waals surface area contributed by atoms with Crippen molar-refractivity contribution in [3.05, 3.63) is 39.9 Å². The molecular weight excluding hydrogens is 309 g/mol. The first kappa shape index (κ1) is 16.2. The molecule has 0 saturated carbocycles. The molecule has 0 heterocycles. The molecule has 1 aromatic rings. The van der Waals surface area contributed by atoms with E-state index in [1.165, 1.54) is 18.4 Å². The highest BCUT2D eigenvalue weighted by Crippen LogP contribution is 2.32. The van der Waals surface area contributed by atoms with E-state index >= 15 is 0 Å². The summed E-state index contributed by atoms with van der Waals surface area (Å²) in [6.07, 6.45) is 8.06. The number of nitrogens with one attached hydrogen (secondary N) is 1. The van der Waals surface area contributed by atoms with Gasteiger partial charge >= 0.3 is 0 Å². The molecule has 114 valence electrons. The van der Waals surface area contributed by atoms with Crippen LogP contribution >= 0.6 is 23.2 Å². The molecule has 21 heavy (non-hydrogen) atoms. The van der Waals surface area contributed by atoms with Crippen LogP contribution < -0.4 is 10.1 Å². The Balaban J connectivity index is 1.71. The summed E-state index contributed by atoms with van der Waals surface area (Å²) < 4.78 is 5.38. The maximum Gasteiger partial charge on any atom is 0.257 e. The molecule has 0 aliphatic heterocycles. The number of hydrogen-bond acceptors (Lipinski definition) is 2. The maximum atomic E-state index is 11.7. The fourth-order valence-corrected chi connectivity index (χ4v) is 2.81. The Bertz CT molecular complexity index is 509. The molecule has 0 saturated heterocycles. The number of carbonyl (C=O) groups is 1. The molecule has 3 nitrogen and oxygen atoms in total. The minimum absolute atomic E-state index is 0.0809. The van der Waals surface area contributed by atoms with E-state index in [0.717, 1.165) is 19.3 Å². The molecule has 0 spiro atoms. The molecule has 0 unspecified atom stereocenters. The predicted octanol–water partition coefficient (Wildman–Crippen LogP) is 4.38. The number of allylic oxidation sites excluding steroid dienone is 1. The topological polar surface area (TPSA) is 38.3 Å². The van der Waals surface area contributed by atoms with Crippen LogP contribution in [0.25, 0.3) is 0 Å². The first-order chi connectivity index (χ1) is 10.2. The predicted molar refractivity (Wildman–Crippen MR) is 86.1 cm³/mol. The Kier molecular flexibility index (Phi) is 6.40. The van der Waals surface area contributed by atoms with Crippen LogP contribution in [0.1, 0.15) is 32.1 Å². The van der Waals surface area contributed by atoms with Gasteiger partial charge in [-0.2, -0.15) is 0 Å². The lowest BCUT2D eigenvalue weighted by Crippen LogP contribution is -2.30. The van der Waals surface area contributed by atoms with Crippen LogP contribution in [0.2, 0.25) is 10.0 Å². The van der Waals surface area contributed by atoms with Crippen molar-refractivity contribution in [3.8, 4) is 5.75 Å².